The summed E-state index contributed by atoms with van der Waals surface area (Å²) in [6, 6.07) is 5.49. The van der Waals surface area contributed by atoms with Crippen molar-refractivity contribution in [2.75, 3.05) is 6.54 Å². The molecule has 0 amide bonds. The summed E-state index contributed by atoms with van der Waals surface area (Å²) in [5.41, 5.74) is 1.84. The second-order valence-electron chi connectivity index (χ2n) is 4.03. The lowest BCUT2D eigenvalue weighted by Crippen LogP contribution is -2.15. The van der Waals surface area contributed by atoms with Gasteiger partial charge in [0.05, 0.1) is 5.69 Å². The summed E-state index contributed by atoms with van der Waals surface area (Å²) >= 11 is 0. The normalized spacial score (nSPS) is 10.6. The second-order valence-corrected chi connectivity index (χ2v) is 4.03. The average Bonchev–Trinajstić information content (AvgIpc) is 2.77. The highest BCUT2D eigenvalue weighted by Gasteiger charge is 2.03. The van der Waals surface area contributed by atoms with E-state index < -0.39 is 0 Å². The average molecular weight is 247 g/mol. The third-order valence-electron chi connectivity index (χ3n) is 2.32. The van der Waals surface area contributed by atoms with Crippen LogP contribution < -0.4 is 10.1 Å². The molecule has 0 aliphatic heterocycles. The first kappa shape index (κ1) is 12.5. The van der Waals surface area contributed by atoms with Gasteiger partial charge in [0.15, 0.2) is 0 Å². The Balaban J connectivity index is 1.91. The number of aryl methyl sites for hydroxylation is 1. The van der Waals surface area contributed by atoms with Crippen molar-refractivity contribution < 1.29 is 4.74 Å². The molecule has 6 nitrogen and oxygen atoms in total. The van der Waals surface area contributed by atoms with Gasteiger partial charge in [0, 0.05) is 24.4 Å². The Hall–Kier alpha value is -1.95. The summed E-state index contributed by atoms with van der Waals surface area (Å²) in [6.07, 6.45) is 1.10. The standard InChI is InChI=1S/C12H17N5O/c1-3-6-13-8-10-4-5-11(16-15-10)18-12-7-9(2)14-17-12/h4-5,7,13H,3,6,8H2,1-2H3,(H,14,17). The van der Waals surface area contributed by atoms with Crippen LogP contribution >= 0.6 is 0 Å². The van der Waals surface area contributed by atoms with E-state index in [1.165, 1.54) is 0 Å². The smallest absolute Gasteiger partial charge is 0.240 e. The van der Waals surface area contributed by atoms with E-state index in [-0.39, 0.29) is 0 Å². The minimum Gasteiger partial charge on any atom is -0.417 e. The molecule has 2 aromatic rings. The largest absolute Gasteiger partial charge is 0.417 e. The zero-order valence-corrected chi connectivity index (χ0v) is 10.6. The van der Waals surface area contributed by atoms with Crippen LogP contribution in [0.5, 0.6) is 11.8 Å². The Kier molecular flexibility index (Phi) is 4.25. The van der Waals surface area contributed by atoms with Crippen molar-refractivity contribution in [2.24, 2.45) is 0 Å². The number of nitrogens with zero attached hydrogens (tertiary/aromatic N) is 3. The number of H-pyrrole nitrogens is 1. The fourth-order valence-corrected chi connectivity index (χ4v) is 1.44. The van der Waals surface area contributed by atoms with Crippen molar-refractivity contribution in [1.29, 1.82) is 0 Å². The van der Waals surface area contributed by atoms with E-state index >= 15 is 0 Å². The van der Waals surface area contributed by atoms with E-state index in [1.54, 1.807) is 12.1 Å². The zero-order valence-electron chi connectivity index (χ0n) is 10.6. The number of hydrogen-bond donors (Lipinski definition) is 2. The summed E-state index contributed by atoms with van der Waals surface area (Å²) in [7, 11) is 0. The predicted octanol–water partition coefficient (Wildman–Crippen LogP) is 1.80. The molecule has 0 atom stereocenters. The highest BCUT2D eigenvalue weighted by atomic mass is 16.5. The van der Waals surface area contributed by atoms with Crippen molar-refractivity contribution in [1.82, 2.24) is 25.7 Å². The Morgan fingerprint density at radius 3 is 2.78 bits per heavy atom. The minimum atomic E-state index is 0.445. The molecule has 0 radical (unpaired) electrons. The van der Waals surface area contributed by atoms with Gasteiger partial charge in [0.2, 0.25) is 11.8 Å². The molecule has 0 spiro atoms. The topological polar surface area (TPSA) is 75.7 Å². The van der Waals surface area contributed by atoms with E-state index in [0.29, 0.717) is 11.8 Å². The van der Waals surface area contributed by atoms with Crippen LogP contribution in [-0.4, -0.2) is 26.9 Å². The van der Waals surface area contributed by atoms with Crippen molar-refractivity contribution in [3.63, 3.8) is 0 Å². The molecule has 2 N–H and O–H groups in total. The van der Waals surface area contributed by atoms with Crippen LogP contribution in [0.1, 0.15) is 24.7 Å². The second kappa shape index (κ2) is 6.11. The predicted molar refractivity (Wildman–Crippen MR) is 67.4 cm³/mol. The van der Waals surface area contributed by atoms with E-state index in [2.05, 4.69) is 32.6 Å². The van der Waals surface area contributed by atoms with E-state index in [1.807, 2.05) is 13.0 Å². The maximum absolute atomic E-state index is 5.44. The first-order valence-corrected chi connectivity index (χ1v) is 6.01. The van der Waals surface area contributed by atoms with E-state index in [4.69, 9.17) is 4.74 Å². The van der Waals surface area contributed by atoms with Gasteiger partial charge in [0.25, 0.3) is 0 Å². The molecule has 0 saturated carbocycles. The summed E-state index contributed by atoms with van der Waals surface area (Å²) in [4.78, 5) is 0. The van der Waals surface area contributed by atoms with Gasteiger partial charge < -0.3 is 10.1 Å². The molecule has 2 rings (SSSR count). The Morgan fingerprint density at radius 2 is 2.17 bits per heavy atom. The summed E-state index contributed by atoms with van der Waals surface area (Å²) in [5.74, 6) is 0.944. The third-order valence-corrected chi connectivity index (χ3v) is 2.32. The molecule has 18 heavy (non-hydrogen) atoms. The van der Waals surface area contributed by atoms with Gasteiger partial charge in [-0.15, -0.1) is 10.2 Å². The number of hydrogen-bond acceptors (Lipinski definition) is 5. The van der Waals surface area contributed by atoms with Gasteiger partial charge in [-0.05, 0) is 26.0 Å². The summed E-state index contributed by atoms with van der Waals surface area (Å²) in [5, 5.41) is 18.1. The van der Waals surface area contributed by atoms with Crippen molar-refractivity contribution in [3.05, 3.63) is 29.6 Å². The van der Waals surface area contributed by atoms with Crippen LogP contribution in [0, 0.1) is 6.92 Å². The minimum absolute atomic E-state index is 0.445. The molecule has 0 unspecified atom stereocenters. The van der Waals surface area contributed by atoms with Crippen molar-refractivity contribution in [3.8, 4) is 11.8 Å². The first-order valence-electron chi connectivity index (χ1n) is 6.01. The molecule has 0 bridgehead atoms. The zero-order chi connectivity index (χ0) is 12.8. The molecule has 2 heterocycles. The molecule has 0 fully saturated rings. The van der Waals surface area contributed by atoms with Crippen molar-refractivity contribution >= 4 is 0 Å². The lowest BCUT2D eigenvalue weighted by molar-refractivity contribution is 0.435. The summed E-state index contributed by atoms with van der Waals surface area (Å²) < 4.78 is 5.44. The van der Waals surface area contributed by atoms with Crippen LogP contribution in [0.25, 0.3) is 0 Å². The Labute approximate surface area is 106 Å². The van der Waals surface area contributed by atoms with Crippen LogP contribution in [0.3, 0.4) is 0 Å². The molecular formula is C12H17N5O. The maximum Gasteiger partial charge on any atom is 0.240 e. The monoisotopic (exact) mass is 247 g/mol. The van der Waals surface area contributed by atoms with Crippen LogP contribution in [0.15, 0.2) is 18.2 Å². The Morgan fingerprint density at radius 1 is 1.28 bits per heavy atom. The molecule has 0 aromatic carbocycles. The maximum atomic E-state index is 5.44. The number of aromatic amines is 1. The molecule has 0 aliphatic rings. The quantitative estimate of drug-likeness (QED) is 0.761. The summed E-state index contributed by atoms with van der Waals surface area (Å²) in [6.45, 7) is 5.74. The first-order chi connectivity index (χ1) is 8.78. The number of rotatable bonds is 6. The van der Waals surface area contributed by atoms with Crippen LogP contribution in [0.2, 0.25) is 0 Å². The van der Waals surface area contributed by atoms with Crippen molar-refractivity contribution in [2.45, 2.75) is 26.8 Å². The molecule has 0 saturated heterocycles. The molecular weight excluding hydrogens is 230 g/mol. The molecule has 96 valence electrons. The fourth-order valence-electron chi connectivity index (χ4n) is 1.44. The highest BCUT2D eigenvalue weighted by Crippen LogP contribution is 2.16. The Bertz CT molecular complexity index is 479. The van der Waals surface area contributed by atoms with Crippen LogP contribution in [-0.2, 0) is 6.54 Å². The van der Waals surface area contributed by atoms with Gasteiger partial charge >= 0.3 is 0 Å². The number of nitrogens with one attached hydrogen (secondary N) is 2. The molecule has 6 heteroatoms. The third kappa shape index (κ3) is 3.53. The van der Waals surface area contributed by atoms with Gasteiger partial charge in [0.1, 0.15) is 0 Å². The van der Waals surface area contributed by atoms with Crippen LogP contribution in [0.4, 0.5) is 0 Å². The van der Waals surface area contributed by atoms with Gasteiger partial charge in [-0.2, -0.15) is 5.10 Å². The van der Waals surface area contributed by atoms with E-state index in [9.17, 15) is 0 Å². The lowest BCUT2D eigenvalue weighted by atomic mass is 10.3. The lowest BCUT2D eigenvalue weighted by Gasteiger charge is -2.03. The van der Waals surface area contributed by atoms with Gasteiger partial charge in [-0.1, -0.05) is 6.92 Å². The van der Waals surface area contributed by atoms with Gasteiger partial charge in [-0.3, -0.25) is 5.10 Å². The number of aromatic nitrogens is 4. The number of ether oxygens (including phenoxy) is 1. The SMILES string of the molecule is CCCNCc1ccc(Oc2cc(C)[nH]n2)nn1. The van der Waals surface area contributed by atoms with E-state index in [0.717, 1.165) is 30.9 Å². The van der Waals surface area contributed by atoms with Gasteiger partial charge in [-0.25, -0.2) is 0 Å². The highest BCUT2D eigenvalue weighted by molar-refractivity contribution is 5.20. The fraction of sp³-hybridized carbons (Fsp3) is 0.417. The molecule has 0 aliphatic carbocycles. The molecule has 2 aromatic heterocycles.